The van der Waals surface area contributed by atoms with E-state index in [1.54, 1.807) is 7.11 Å². The van der Waals surface area contributed by atoms with E-state index in [4.69, 9.17) is 10.5 Å². The molecule has 0 aliphatic rings. The highest BCUT2D eigenvalue weighted by molar-refractivity contribution is 5.78. The molecule has 4 heteroatoms. The van der Waals surface area contributed by atoms with Crippen LogP contribution in [0.2, 0.25) is 0 Å². The molecule has 0 spiro atoms. The molecule has 0 aromatic heterocycles. The molecule has 1 unspecified atom stereocenters. The standard InChI is InChI=1S/C14H22N2O2/c1-10(7-8-15)14(17)16-11(2)12-5-4-6-13(9-12)18-3/h4-6,9-11H,7-8,15H2,1-3H3,(H,16,17)/t10?,11-/m0/s1. The highest BCUT2D eigenvalue weighted by Crippen LogP contribution is 2.19. The van der Waals surface area contributed by atoms with E-state index in [2.05, 4.69) is 5.32 Å². The number of hydrogen-bond acceptors (Lipinski definition) is 3. The number of nitrogens with one attached hydrogen (secondary N) is 1. The fourth-order valence-corrected chi connectivity index (χ4v) is 1.73. The first-order valence-corrected chi connectivity index (χ1v) is 6.23. The molecule has 0 saturated carbocycles. The number of hydrogen-bond donors (Lipinski definition) is 2. The lowest BCUT2D eigenvalue weighted by atomic mass is 10.0. The maximum absolute atomic E-state index is 11.9. The molecular weight excluding hydrogens is 228 g/mol. The highest BCUT2D eigenvalue weighted by atomic mass is 16.5. The molecule has 0 aliphatic heterocycles. The molecule has 1 aromatic carbocycles. The van der Waals surface area contributed by atoms with Crippen molar-refractivity contribution in [3.63, 3.8) is 0 Å². The van der Waals surface area contributed by atoms with Gasteiger partial charge in [0.05, 0.1) is 13.2 Å². The Kier molecular flexibility index (Phi) is 5.65. The van der Waals surface area contributed by atoms with Crippen molar-refractivity contribution < 1.29 is 9.53 Å². The number of methoxy groups -OCH3 is 1. The van der Waals surface area contributed by atoms with E-state index < -0.39 is 0 Å². The van der Waals surface area contributed by atoms with Gasteiger partial charge in [0, 0.05) is 5.92 Å². The van der Waals surface area contributed by atoms with Gasteiger partial charge in [0.25, 0.3) is 0 Å². The van der Waals surface area contributed by atoms with Gasteiger partial charge in [-0.3, -0.25) is 4.79 Å². The fourth-order valence-electron chi connectivity index (χ4n) is 1.73. The smallest absolute Gasteiger partial charge is 0.223 e. The van der Waals surface area contributed by atoms with Gasteiger partial charge in [-0.1, -0.05) is 19.1 Å². The molecule has 100 valence electrons. The van der Waals surface area contributed by atoms with Crippen LogP contribution in [-0.4, -0.2) is 19.6 Å². The molecule has 2 atom stereocenters. The predicted octanol–water partition coefficient (Wildman–Crippen LogP) is 1.86. The fraction of sp³-hybridized carbons (Fsp3) is 0.500. The van der Waals surface area contributed by atoms with E-state index in [9.17, 15) is 4.79 Å². The number of nitrogens with two attached hydrogens (primary N) is 1. The van der Waals surface area contributed by atoms with Crippen LogP contribution in [0.15, 0.2) is 24.3 Å². The third-order valence-electron chi connectivity index (χ3n) is 3.00. The van der Waals surface area contributed by atoms with Crippen LogP contribution in [0.25, 0.3) is 0 Å². The topological polar surface area (TPSA) is 64.3 Å². The van der Waals surface area contributed by atoms with E-state index in [0.717, 1.165) is 11.3 Å². The summed E-state index contributed by atoms with van der Waals surface area (Å²) in [5.74, 6) is 0.780. The summed E-state index contributed by atoms with van der Waals surface area (Å²) in [6.45, 7) is 4.38. The molecule has 1 rings (SSSR count). The Balaban J connectivity index is 2.64. The van der Waals surface area contributed by atoms with Crippen molar-refractivity contribution in [2.75, 3.05) is 13.7 Å². The van der Waals surface area contributed by atoms with Crippen LogP contribution in [0.4, 0.5) is 0 Å². The molecule has 1 amide bonds. The minimum Gasteiger partial charge on any atom is -0.497 e. The van der Waals surface area contributed by atoms with E-state index >= 15 is 0 Å². The molecule has 0 radical (unpaired) electrons. The number of rotatable bonds is 6. The molecular formula is C14H22N2O2. The second-order valence-electron chi connectivity index (χ2n) is 4.49. The lowest BCUT2D eigenvalue weighted by Crippen LogP contribution is -2.32. The second kappa shape index (κ2) is 7.01. The molecule has 0 aliphatic carbocycles. The predicted molar refractivity (Wildman–Crippen MR) is 72.4 cm³/mol. The summed E-state index contributed by atoms with van der Waals surface area (Å²) >= 11 is 0. The number of benzene rings is 1. The largest absolute Gasteiger partial charge is 0.497 e. The van der Waals surface area contributed by atoms with Crippen LogP contribution in [-0.2, 0) is 4.79 Å². The van der Waals surface area contributed by atoms with Crippen LogP contribution in [0.1, 0.15) is 31.9 Å². The molecule has 1 aromatic rings. The average molecular weight is 250 g/mol. The summed E-state index contributed by atoms with van der Waals surface area (Å²) in [7, 11) is 1.63. The van der Waals surface area contributed by atoms with Crippen LogP contribution >= 0.6 is 0 Å². The number of carbonyl (C=O) groups is 1. The number of carbonyl (C=O) groups excluding carboxylic acids is 1. The Labute approximate surface area is 109 Å². The number of ether oxygens (including phenoxy) is 1. The summed E-state index contributed by atoms with van der Waals surface area (Å²) < 4.78 is 5.17. The van der Waals surface area contributed by atoms with Gasteiger partial charge < -0.3 is 15.8 Å². The first-order valence-electron chi connectivity index (χ1n) is 6.23. The maximum atomic E-state index is 11.9. The zero-order valence-electron chi connectivity index (χ0n) is 11.3. The van der Waals surface area contributed by atoms with E-state index in [-0.39, 0.29) is 17.9 Å². The molecule has 0 heterocycles. The summed E-state index contributed by atoms with van der Waals surface area (Å²) in [5, 5.41) is 2.98. The molecule has 4 nitrogen and oxygen atoms in total. The third-order valence-corrected chi connectivity index (χ3v) is 3.00. The maximum Gasteiger partial charge on any atom is 0.223 e. The van der Waals surface area contributed by atoms with Crippen molar-refractivity contribution in [2.45, 2.75) is 26.3 Å². The van der Waals surface area contributed by atoms with Crippen LogP contribution in [0.5, 0.6) is 5.75 Å². The van der Waals surface area contributed by atoms with Gasteiger partial charge in [0.15, 0.2) is 0 Å². The molecule has 0 fully saturated rings. The van der Waals surface area contributed by atoms with Crippen LogP contribution in [0, 0.1) is 5.92 Å². The lowest BCUT2D eigenvalue weighted by Gasteiger charge is -2.18. The first-order chi connectivity index (χ1) is 8.58. The zero-order valence-corrected chi connectivity index (χ0v) is 11.3. The average Bonchev–Trinajstić information content (AvgIpc) is 2.39. The van der Waals surface area contributed by atoms with Gasteiger partial charge in [-0.15, -0.1) is 0 Å². The zero-order chi connectivity index (χ0) is 13.5. The Bertz CT molecular complexity index is 393. The Morgan fingerprint density at radius 2 is 2.17 bits per heavy atom. The van der Waals surface area contributed by atoms with Crippen molar-refractivity contribution in [3.05, 3.63) is 29.8 Å². The summed E-state index contributed by atoms with van der Waals surface area (Å²) in [6, 6.07) is 7.67. The lowest BCUT2D eigenvalue weighted by molar-refractivity contribution is -0.125. The van der Waals surface area contributed by atoms with Gasteiger partial charge >= 0.3 is 0 Å². The molecule has 18 heavy (non-hydrogen) atoms. The SMILES string of the molecule is COc1cccc([C@H](C)NC(=O)C(C)CCN)c1. The first kappa shape index (κ1) is 14.5. The van der Waals surface area contributed by atoms with E-state index in [1.807, 2.05) is 38.1 Å². The summed E-state index contributed by atoms with van der Waals surface area (Å²) in [6.07, 6.45) is 0.705. The third kappa shape index (κ3) is 4.04. The Hall–Kier alpha value is -1.55. The molecule has 0 bridgehead atoms. The van der Waals surface area contributed by atoms with Crippen LogP contribution in [0.3, 0.4) is 0 Å². The minimum absolute atomic E-state index is 0.0344. The molecule has 0 saturated heterocycles. The van der Waals surface area contributed by atoms with Crippen molar-refractivity contribution >= 4 is 5.91 Å². The Morgan fingerprint density at radius 3 is 2.78 bits per heavy atom. The summed E-state index contributed by atoms with van der Waals surface area (Å²) in [5.41, 5.74) is 6.48. The molecule has 3 N–H and O–H groups in total. The van der Waals surface area contributed by atoms with Crippen molar-refractivity contribution in [2.24, 2.45) is 11.7 Å². The van der Waals surface area contributed by atoms with Crippen molar-refractivity contribution in [1.82, 2.24) is 5.32 Å². The van der Waals surface area contributed by atoms with Gasteiger partial charge in [-0.25, -0.2) is 0 Å². The van der Waals surface area contributed by atoms with Gasteiger partial charge in [-0.2, -0.15) is 0 Å². The van der Waals surface area contributed by atoms with E-state index in [1.165, 1.54) is 0 Å². The minimum atomic E-state index is -0.0527. The van der Waals surface area contributed by atoms with E-state index in [0.29, 0.717) is 13.0 Å². The van der Waals surface area contributed by atoms with Crippen molar-refractivity contribution in [1.29, 1.82) is 0 Å². The second-order valence-corrected chi connectivity index (χ2v) is 4.49. The summed E-state index contributed by atoms with van der Waals surface area (Å²) in [4.78, 5) is 11.9. The normalized spacial score (nSPS) is 13.8. The van der Waals surface area contributed by atoms with Crippen LogP contribution < -0.4 is 15.8 Å². The quantitative estimate of drug-likeness (QED) is 0.810. The van der Waals surface area contributed by atoms with Gasteiger partial charge in [-0.05, 0) is 37.6 Å². The monoisotopic (exact) mass is 250 g/mol. The van der Waals surface area contributed by atoms with Crippen molar-refractivity contribution in [3.8, 4) is 5.75 Å². The number of amides is 1. The van der Waals surface area contributed by atoms with Gasteiger partial charge in [0.1, 0.15) is 5.75 Å². The highest BCUT2D eigenvalue weighted by Gasteiger charge is 2.15. The Morgan fingerprint density at radius 1 is 1.44 bits per heavy atom. The van der Waals surface area contributed by atoms with Gasteiger partial charge in [0.2, 0.25) is 5.91 Å².